The van der Waals surface area contributed by atoms with Gasteiger partial charge in [0.25, 0.3) is 5.91 Å². The van der Waals surface area contributed by atoms with Crippen molar-refractivity contribution in [2.45, 2.75) is 20.4 Å². The van der Waals surface area contributed by atoms with Crippen LogP contribution in [0.2, 0.25) is 0 Å². The number of nitrogens with two attached hydrogens (primary N) is 1. The smallest absolute Gasteiger partial charge is 0.256 e. The highest BCUT2D eigenvalue weighted by Gasteiger charge is 2.17. The minimum Gasteiger partial charge on any atom is -0.398 e. The number of amides is 1. The Kier molecular flexibility index (Phi) is 3.85. The average Bonchev–Trinajstić information content (AvgIpc) is 2.77. The molecule has 1 heterocycles. The van der Waals surface area contributed by atoms with Crippen LogP contribution in [0.15, 0.2) is 23.7 Å². The molecule has 100 valence electrons. The van der Waals surface area contributed by atoms with E-state index in [9.17, 15) is 4.79 Å². The fourth-order valence-corrected chi connectivity index (χ4v) is 2.67. The Hall–Kier alpha value is -1.88. The molecule has 5 heteroatoms. The van der Waals surface area contributed by atoms with Crippen molar-refractivity contribution in [3.05, 3.63) is 45.4 Å². The molecule has 2 N–H and O–H groups in total. The molecule has 0 aliphatic heterocycles. The Morgan fingerprint density at radius 1 is 1.42 bits per heavy atom. The quantitative estimate of drug-likeness (QED) is 0.876. The molecule has 0 saturated heterocycles. The Bertz CT molecular complexity index is 606. The Balaban J connectivity index is 2.20. The maximum absolute atomic E-state index is 12.4. The highest BCUT2D eigenvalue weighted by Crippen LogP contribution is 2.20. The first-order valence-corrected chi connectivity index (χ1v) is 6.88. The predicted octanol–water partition coefficient (Wildman–Crippen LogP) is 2.61. The SMILES string of the molecule is Cc1cccc(C(=O)N(C)Cc2scnc2C)c1N. The number of benzene rings is 1. The summed E-state index contributed by atoms with van der Waals surface area (Å²) in [5.41, 5.74) is 10.8. The lowest BCUT2D eigenvalue weighted by atomic mass is 10.1. The second-order valence-corrected chi connectivity index (χ2v) is 5.50. The number of thiazole rings is 1. The van der Waals surface area contributed by atoms with Crippen molar-refractivity contribution in [3.8, 4) is 0 Å². The normalized spacial score (nSPS) is 10.5. The number of hydrogen-bond donors (Lipinski definition) is 1. The minimum atomic E-state index is -0.0611. The maximum atomic E-state index is 12.4. The molecule has 0 bridgehead atoms. The zero-order chi connectivity index (χ0) is 14.0. The van der Waals surface area contributed by atoms with E-state index in [0.29, 0.717) is 17.8 Å². The second-order valence-electron chi connectivity index (χ2n) is 4.56. The molecule has 4 nitrogen and oxygen atoms in total. The van der Waals surface area contributed by atoms with Crippen molar-refractivity contribution >= 4 is 22.9 Å². The van der Waals surface area contributed by atoms with Crippen LogP contribution in [0.4, 0.5) is 5.69 Å². The number of para-hydroxylation sites is 1. The number of carbonyl (C=O) groups excluding carboxylic acids is 1. The second kappa shape index (κ2) is 5.40. The van der Waals surface area contributed by atoms with E-state index in [2.05, 4.69) is 4.98 Å². The van der Waals surface area contributed by atoms with E-state index in [0.717, 1.165) is 16.1 Å². The molecule has 0 aliphatic carbocycles. The van der Waals surface area contributed by atoms with Gasteiger partial charge in [-0.15, -0.1) is 11.3 Å². The van der Waals surface area contributed by atoms with E-state index < -0.39 is 0 Å². The van der Waals surface area contributed by atoms with E-state index >= 15 is 0 Å². The Labute approximate surface area is 116 Å². The maximum Gasteiger partial charge on any atom is 0.256 e. The van der Waals surface area contributed by atoms with Gasteiger partial charge in [0.1, 0.15) is 0 Å². The monoisotopic (exact) mass is 275 g/mol. The number of rotatable bonds is 3. The summed E-state index contributed by atoms with van der Waals surface area (Å²) in [5, 5.41) is 0. The van der Waals surface area contributed by atoms with Gasteiger partial charge in [0.05, 0.1) is 23.3 Å². The molecule has 0 radical (unpaired) electrons. The lowest BCUT2D eigenvalue weighted by molar-refractivity contribution is 0.0787. The summed E-state index contributed by atoms with van der Waals surface area (Å²) >= 11 is 1.56. The molecule has 0 unspecified atom stereocenters. The lowest BCUT2D eigenvalue weighted by Gasteiger charge is -2.18. The van der Waals surface area contributed by atoms with E-state index in [-0.39, 0.29) is 5.91 Å². The molecule has 0 spiro atoms. The van der Waals surface area contributed by atoms with Gasteiger partial charge >= 0.3 is 0 Å². The molecule has 1 aromatic carbocycles. The van der Waals surface area contributed by atoms with Crippen LogP contribution >= 0.6 is 11.3 Å². The summed E-state index contributed by atoms with van der Waals surface area (Å²) in [6.07, 6.45) is 0. The molecule has 0 saturated carbocycles. The van der Waals surface area contributed by atoms with Gasteiger partial charge in [-0.1, -0.05) is 12.1 Å². The molecule has 1 amide bonds. The third kappa shape index (κ3) is 2.76. The Morgan fingerprint density at radius 3 is 2.79 bits per heavy atom. The van der Waals surface area contributed by atoms with Gasteiger partial charge in [-0.25, -0.2) is 4.98 Å². The van der Waals surface area contributed by atoms with Gasteiger partial charge in [0.2, 0.25) is 0 Å². The van der Waals surface area contributed by atoms with Crippen LogP contribution < -0.4 is 5.73 Å². The van der Waals surface area contributed by atoms with Gasteiger partial charge in [-0.3, -0.25) is 4.79 Å². The summed E-state index contributed by atoms with van der Waals surface area (Å²) < 4.78 is 0. The molecule has 0 aliphatic rings. The largest absolute Gasteiger partial charge is 0.398 e. The number of carbonyl (C=O) groups is 1. The molecule has 0 fully saturated rings. The van der Waals surface area contributed by atoms with Crippen LogP contribution in [0.5, 0.6) is 0 Å². The minimum absolute atomic E-state index is 0.0611. The fraction of sp³-hybridized carbons (Fsp3) is 0.286. The molecular weight excluding hydrogens is 258 g/mol. The summed E-state index contributed by atoms with van der Waals surface area (Å²) in [7, 11) is 1.78. The van der Waals surface area contributed by atoms with E-state index in [4.69, 9.17) is 5.73 Å². The first-order chi connectivity index (χ1) is 9.00. The third-order valence-electron chi connectivity index (χ3n) is 3.13. The number of aryl methyl sites for hydroxylation is 2. The van der Waals surface area contributed by atoms with Crippen molar-refractivity contribution in [3.63, 3.8) is 0 Å². The van der Waals surface area contributed by atoms with Gasteiger partial charge in [0.15, 0.2) is 0 Å². The summed E-state index contributed by atoms with van der Waals surface area (Å²) in [4.78, 5) is 19.3. The van der Waals surface area contributed by atoms with Crippen LogP contribution in [0.3, 0.4) is 0 Å². The predicted molar refractivity (Wildman–Crippen MR) is 78.2 cm³/mol. The van der Waals surface area contributed by atoms with Gasteiger partial charge in [0, 0.05) is 17.6 Å². The number of anilines is 1. The van der Waals surface area contributed by atoms with Gasteiger partial charge in [-0.05, 0) is 25.5 Å². The van der Waals surface area contributed by atoms with Crippen molar-refractivity contribution in [1.29, 1.82) is 0 Å². The van der Waals surface area contributed by atoms with Crippen LogP contribution in [0.25, 0.3) is 0 Å². The van der Waals surface area contributed by atoms with Crippen LogP contribution in [-0.4, -0.2) is 22.8 Å². The van der Waals surface area contributed by atoms with Crippen molar-refractivity contribution in [2.75, 3.05) is 12.8 Å². The molecule has 0 atom stereocenters. The highest BCUT2D eigenvalue weighted by atomic mass is 32.1. The number of nitrogen functional groups attached to an aromatic ring is 1. The summed E-state index contributed by atoms with van der Waals surface area (Å²) in [6.45, 7) is 4.41. The average molecular weight is 275 g/mol. The molecule has 2 aromatic rings. The number of nitrogens with zero attached hydrogens (tertiary/aromatic N) is 2. The number of aromatic nitrogens is 1. The number of hydrogen-bond acceptors (Lipinski definition) is 4. The van der Waals surface area contributed by atoms with Crippen LogP contribution in [0, 0.1) is 13.8 Å². The third-order valence-corrected chi connectivity index (χ3v) is 4.05. The van der Waals surface area contributed by atoms with Crippen LogP contribution in [-0.2, 0) is 6.54 Å². The summed E-state index contributed by atoms with van der Waals surface area (Å²) in [6, 6.07) is 5.52. The highest BCUT2D eigenvalue weighted by molar-refractivity contribution is 7.09. The van der Waals surface area contributed by atoms with E-state index in [1.165, 1.54) is 0 Å². The van der Waals surface area contributed by atoms with Crippen molar-refractivity contribution in [1.82, 2.24) is 9.88 Å². The standard InChI is InChI=1S/C14H17N3OS/c1-9-5-4-6-11(13(9)15)14(18)17(3)7-12-10(2)16-8-19-12/h4-6,8H,7,15H2,1-3H3. The lowest BCUT2D eigenvalue weighted by Crippen LogP contribution is -2.27. The molecule has 2 rings (SSSR count). The zero-order valence-electron chi connectivity index (χ0n) is 11.3. The zero-order valence-corrected chi connectivity index (χ0v) is 12.1. The van der Waals surface area contributed by atoms with Crippen LogP contribution in [0.1, 0.15) is 26.5 Å². The molecule has 1 aromatic heterocycles. The molecular formula is C14H17N3OS. The first kappa shape index (κ1) is 13.5. The van der Waals surface area contributed by atoms with Gasteiger partial charge in [-0.2, -0.15) is 0 Å². The summed E-state index contributed by atoms with van der Waals surface area (Å²) in [5.74, 6) is -0.0611. The first-order valence-electron chi connectivity index (χ1n) is 6.00. The van der Waals surface area contributed by atoms with E-state index in [1.807, 2.05) is 26.0 Å². The van der Waals surface area contributed by atoms with Gasteiger partial charge < -0.3 is 10.6 Å². The van der Waals surface area contributed by atoms with Crippen molar-refractivity contribution in [2.24, 2.45) is 0 Å². The topological polar surface area (TPSA) is 59.2 Å². The Morgan fingerprint density at radius 2 is 2.16 bits per heavy atom. The molecule has 19 heavy (non-hydrogen) atoms. The fourth-order valence-electron chi connectivity index (χ4n) is 1.84. The van der Waals surface area contributed by atoms with E-state index in [1.54, 1.807) is 34.9 Å². The van der Waals surface area contributed by atoms with Crippen molar-refractivity contribution < 1.29 is 4.79 Å².